The summed E-state index contributed by atoms with van der Waals surface area (Å²) < 4.78 is 25.1. The number of aromatic nitrogens is 2. The molecule has 1 heterocycles. The quantitative estimate of drug-likeness (QED) is 0.629. The molecule has 1 aromatic heterocycles. The minimum Gasteiger partial charge on any atom is -0.497 e. The highest BCUT2D eigenvalue weighted by molar-refractivity contribution is 6.08. The summed E-state index contributed by atoms with van der Waals surface area (Å²) >= 11 is 0. The van der Waals surface area contributed by atoms with E-state index in [1.54, 1.807) is 28.9 Å². The van der Waals surface area contributed by atoms with Crippen LogP contribution < -0.4 is 10.1 Å². The number of hydrogen-bond acceptors (Lipinski definition) is 5. The fourth-order valence-electron chi connectivity index (χ4n) is 3.80. The maximum Gasteiger partial charge on any atom is 0.340 e. The number of nitrogens with one attached hydrogen (secondary N) is 1. The number of amides is 1. The number of fused-ring (bicyclic) bond motifs is 1. The number of esters is 1. The van der Waals surface area contributed by atoms with Crippen molar-refractivity contribution in [1.29, 1.82) is 0 Å². The van der Waals surface area contributed by atoms with E-state index in [0.29, 0.717) is 22.8 Å². The van der Waals surface area contributed by atoms with Gasteiger partial charge in [0.25, 0.3) is 5.91 Å². The molecule has 0 radical (unpaired) electrons. The SMILES string of the molecule is COC(=O)c1cc(OC)ccc1NC(=O)c1nn(-c2ccc(F)cc2)c2c1CCCC2. The van der Waals surface area contributed by atoms with E-state index in [-0.39, 0.29) is 11.4 Å². The molecule has 31 heavy (non-hydrogen) atoms. The van der Waals surface area contributed by atoms with Crippen molar-refractivity contribution in [2.45, 2.75) is 25.7 Å². The van der Waals surface area contributed by atoms with Crippen molar-refractivity contribution < 1.29 is 23.5 Å². The highest BCUT2D eigenvalue weighted by atomic mass is 19.1. The molecule has 0 spiro atoms. The van der Waals surface area contributed by atoms with Gasteiger partial charge in [0.05, 0.1) is 31.2 Å². The molecule has 0 saturated carbocycles. The molecular formula is C23H22FN3O4. The van der Waals surface area contributed by atoms with E-state index in [4.69, 9.17) is 9.47 Å². The number of benzene rings is 2. The summed E-state index contributed by atoms with van der Waals surface area (Å²) in [6, 6.07) is 10.8. The van der Waals surface area contributed by atoms with Gasteiger partial charge in [-0.1, -0.05) is 0 Å². The topological polar surface area (TPSA) is 82.4 Å². The molecule has 1 aliphatic rings. The smallest absolute Gasteiger partial charge is 0.340 e. The second kappa shape index (κ2) is 8.59. The Balaban J connectivity index is 1.71. The lowest BCUT2D eigenvalue weighted by atomic mass is 9.95. The van der Waals surface area contributed by atoms with Crippen LogP contribution in [0.2, 0.25) is 0 Å². The van der Waals surface area contributed by atoms with Crippen LogP contribution in [0.4, 0.5) is 10.1 Å². The van der Waals surface area contributed by atoms with Crippen molar-refractivity contribution in [3.05, 3.63) is 70.8 Å². The Morgan fingerprint density at radius 2 is 1.81 bits per heavy atom. The van der Waals surface area contributed by atoms with Crippen LogP contribution in [0.15, 0.2) is 42.5 Å². The first-order valence-corrected chi connectivity index (χ1v) is 9.96. The van der Waals surface area contributed by atoms with Gasteiger partial charge in [0.2, 0.25) is 0 Å². The van der Waals surface area contributed by atoms with Gasteiger partial charge in [-0.25, -0.2) is 13.9 Å². The number of halogens is 1. The molecule has 8 heteroatoms. The van der Waals surface area contributed by atoms with Gasteiger partial charge >= 0.3 is 5.97 Å². The molecule has 4 rings (SSSR count). The zero-order valence-electron chi connectivity index (χ0n) is 17.3. The Labute approximate surface area is 178 Å². The van der Waals surface area contributed by atoms with Crippen LogP contribution in [-0.2, 0) is 17.6 Å². The molecular weight excluding hydrogens is 401 g/mol. The lowest BCUT2D eigenvalue weighted by Gasteiger charge is -2.14. The Morgan fingerprint density at radius 1 is 1.06 bits per heavy atom. The van der Waals surface area contributed by atoms with Crippen LogP contribution >= 0.6 is 0 Å². The van der Waals surface area contributed by atoms with E-state index < -0.39 is 11.9 Å². The lowest BCUT2D eigenvalue weighted by Crippen LogP contribution is -2.18. The number of hydrogen-bond donors (Lipinski definition) is 1. The third-order valence-electron chi connectivity index (χ3n) is 5.35. The fourth-order valence-corrected chi connectivity index (χ4v) is 3.80. The summed E-state index contributed by atoms with van der Waals surface area (Å²) in [7, 11) is 2.76. The zero-order chi connectivity index (χ0) is 22.0. The minimum absolute atomic E-state index is 0.182. The molecule has 0 aliphatic heterocycles. The Morgan fingerprint density at radius 3 is 2.52 bits per heavy atom. The Hall–Kier alpha value is -3.68. The zero-order valence-corrected chi connectivity index (χ0v) is 17.3. The average molecular weight is 423 g/mol. The summed E-state index contributed by atoms with van der Waals surface area (Å²) in [5.41, 5.74) is 3.30. The van der Waals surface area contributed by atoms with Gasteiger partial charge in [0.15, 0.2) is 5.69 Å². The van der Waals surface area contributed by atoms with Crippen LogP contribution in [0.1, 0.15) is 44.9 Å². The van der Waals surface area contributed by atoms with Crippen molar-refractivity contribution in [3.8, 4) is 11.4 Å². The predicted molar refractivity (Wildman–Crippen MR) is 112 cm³/mol. The Kier molecular flexibility index (Phi) is 5.70. The van der Waals surface area contributed by atoms with E-state index >= 15 is 0 Å². The van der Waals surface area contributed by atoms with Crippen LogP contribution in [0.3, 0.4) is 0 Å². The number of anilines is 1. The Bertz CT molecular complexity index is 1140. The van der Waals surface area contributed by atoms with Gasteiger partial charge in [-0.3, -0.25) is 4.79 Å². The number of methoxy groups -OCH3 is 2. The molecule has 0 bridgehead atoms. The standard InChI is InChI=1S/C23H22FN3O4/c1-30-16-11-12-19(18(13-16)23(29)31-2)25-22(28)21-17-5-3-4-6-20(17)27(26-21)15-9-7-14(24)8-10-15/h7-13H,3-6H2,1-2H3,(H,25,28). The van der Waals surface area contributed by atoms with Crippen molar-refractivity contribution in [2.75, 3.05) is 19.5 Å². The first-order chi connectivity index (χ1) is 15.0. The number of ether oxygens (including phenoxy) is 2. The van der Waals surface area contributed by atoms with E-state index in [0.717, 1.165) is 36.9 Å². The maximum atomic E-state index is 13.4. The molecule has 160 valence electrons. The third-order valence-corrected chi connectivity index (χ3v) is 5.35. The first-order valence-electron chi connectivity index (χ1n) is 9.96. The monoisotopic (exact) mass is 423 g/mol. The summed E-state index contributed by atoms with van der Waals surface area (Å²) in [4.78, 5) is 25.4. The van der Waals surface area contributed by atoms with Crippen LogP contribution in [-0.4, -0.2) is 35.9 Å². The summed E-state index contributed by atoms with van der Waals surface area (Å²) in [5, 5.41) is 7.34. The van der Waals surface area contributed by atoms with Gasteiger partial charge in [-0.05, 0) is 68.1 Å². The third kappa shape index (κ3) is 4.01. The van der Waals surface area contributed by atoms with Crippen molar-refractivity contribution in [3.63, 3.8) is 0 Å². The number of carbonyl (C=O) groups is 2. The summed E-state index contributed by atoms with van der Waals surface area (Å²) in [5.74, 6) is -0.878. The van der Waals surface area contributed by atoms with Gasteiger partial charge in [-0.15, -0.1) is 0 Å². The summed E-state index contributed by atoms with van der Waals surface area (Å²) in [6.07, 6.45) is 3.46. The van der Waals surface area contributed by atoms with Gasteiger partial charge in [0, 0.05) is 11.3 Å². The molecule has 1 amide bonds. The van der Waals surface area contributed by atoms with Gasteiger partial charge in [0.1, 0.15) is 11.6 Å². The molecule has 7 nitrogen and oxygen atoms in total. The van der Waals surface area contributed by atoms with Crippen LogP contribution in [0.25, 0.3) is 5.69 Å². The average Bonchev–Trinajstić information content (AvgIpc) is 3.19. The van der Waals surface area contributed by atoms with Gasteiger partial charge < -0.3 is 14.8 Å². The molecule has 1 N–H and O–H groups in total. The second-order valence-corrected chi connectivity index (χ2v) is 7.23. The van der Waals surface area contributed by atoms with Crippen LogP contribution in [0.5, 0.6) is 5.75 Å². The maximum absolute atomic E-state index is 13.4. The van der Waals surface area contributed by atoms with E-state index in [1.165, 1.54) is 32.4 Å². The van der Waals surface area contributed by atoms with Crippen molar-refractivity contribution in [2.24, 2.45) is 0 Å². The molecule has 2 aromatic carbocycles. The molecule has 0 unspecified atom stereocenters. The molecule has 0 saturated heterocycles. The second-order valence-electron chi connectivity index (χ2n) is 7.23. The lowest BCUT2D eigenvalue weighted by molar-refractivity contribution is 0.0601. The largest absolute Gasteiger partial charge is 0.497 e. The van der Waals surface area contributed by atoms with Crippen molar-refractivity contribution in [1.82, 2.24) is 9.78 Å². The fraction of sp³-hybridized carbons (Fsp3) is 0.261. The highest BCUT2D eigenvalue weighted by Gasteiger charge is 2.26. The van der Waals surface area contributed by atoms with E-state index in [2.05, 4.69) is 10.4 Å². The number of carbonyl (C=O) groups excluding carboxylic acids is 2. The molecule has 3 aromatic rings. The molecule has 1 aliphatic carbocycles. The number of rotatable bonds is 5. The van der Waals surface area contributed by atoms with Crippen LogP contribution in [0, 0.1) is 5.82 Å². The van der Waals surface area contributed by atoms with Crippen molar-refractivity contribution >= 4 is 17.6 Å². The summed E-state index contributed by atoms with van der Waals surface area (Å²) in [6.45, 7) is 0. The normalized spacial score (nSPS) is 12.7. The first kappa shape index (κ1) is 20.6. The molecule has 0 fully saturated rings. The number of nitrogens with zero attached hydrogens (tertiary/aromatic N) is 2. The van der Waals surface area contributed by atoms with E-state index in [1.807, 2.05) is 0 Å². The van der Waals surface area contributed by atoms with Gasteiger partial charge in [-0.2, -0.15) is 5.10 Å². The highest BCUT2D eigenvalue weighted by Crippen LogP contribution is 2.29. The molecule has 0 atom stereocenters. The predicted octanol–water partition coefficient (Wildman–Crippen LogP) is 3.94. The van der Waals surface area contributed by atoms with E-state index in [9.17, 15) is 14.0 Å². The minimum atomic E-state index is -0.590.